The maximum atomic E-state index is 12.5. The molecule has 1 atom stereocenters. The highest BCUT2D eigenvalue weighted by Gasteiger charge is 2.12. The minimum absolute atomic E-state index is 0. The molecule has 1 aromatic heterocycles. The molecule has 2 aromatic rings. The molecule has 0 amide bonds. The summed E-state index contributed by atoms with van der Waals surface area (Å²) in [4.78, 5) is 5.31. The lowest BCUT2D eigenvalue weighted by molar-refractivity contribution is -0.0504. The van der Waals surface area contributed by atoms with Crippen molar-refractivity contribution in [3.8, 4) is 5.75 Å². The van der Waals surface area contributed by atoms with Gasteiger partial charge in [0.1, 0.15) is 5.75 Å². The van der Waals surface area contributed by atoms with Gasteiger partial charge >= 0.3 is 6.61 Å². The van der Waals surface area contributed by atoms with Crippen LogP contribution in [0.5, 0.6) is 5.75 Å². The Morgan fingerprint density at radius 1 is 1.36 bits per heavy atom. The largest absolute Gasteiger partial charge is 0.434 e. The third kappa shape index (κ3) is 6.95. The first-order valence-electron chi connectivity index (χ1n) is 7.23. The third-order valence-corrected chi connectivity index (χ3v) is 4.52. The number of guanidine groups is 1. The Hall–Kier alpha value is -1.13. The minimum Gasteiger partial charge on any atom is -0.434 e. The molecule has 0 aliphatic heterocycles. The number of hydrogen-bond acceptors (Lipinski definition) is 3. The summed E-state index contributed by atoms with van der Waals surface area (Å²) in [5.41, 5.74) is 0.523. The molecule has 1 aromatic carbocycles. The zero-order valence-corrected chi connectivity index (χ0v) is 17.5. The van der Waals surface area contributed by atoms with Crippen LogP contribution >= 0.6 is 46.9 Å². The number of nitrogens with zero attached hydrogens (tertiary/aromatic N) is 1. The summed E-state index contributed by atoms with van der Waals surface area (Å²) >= 11 is 7.58. The van der Waals surface area contributed by atoms with Gasteiger partial charge in [0.25, 0.3) is 0 Å². The highest BCUT2D eigenvalue weighted by Crippen LogP contribution is 2.24. The minimum atomic E-state index is -2.89. The van der Waals surface area contributed by atoms with Crippen LogP contribution in [0, 0.1) is 0 Å². The van der Waals surface area contributed by atoms with Gasteiger partial charge in [0.2, 0.25) is 0 Å². The molecule has 9 heteroatoms. The smallest absolute Gasteiger partial charge is 0.387 e. The van der Waals surface area contributed by atoms with E-state index in [0.717, 1.165) is 0 Å². The van der Waals surface area contributed by atoms with Crippen molar-refractivity contribution in [2.45, 2.75) is 26.1 Å². The van der Waals surface area contributed by atoms with Crippen LogP contribution in [0.25, 0.3) is 0 Å². The van der Waals surface area contributed by atoms with Gasteiger partial charge in [-0.15, -0.1) is 35.3 Å². The van der Waals surface area contributed by atoms with Crippen LogP contribution in [0.2, 0.25) is 5.02 Å². The summed E-state index contributed by atoms with van der Waals surface area (Å²) in [6, 6.07) is 8.61. The van der Waals surface area contributed by atoms with Crippen LogP contribution in [0.3, 0.4) is 0 Å². The highest BCUT2D eigenvalue weighted by atomic mass is 127. The zero-order chi connectivity index (χ0) is 17.5. The first-order valence-corrected chi connectivity index (χ1v) is 8.49. The average Bonchev–Trinajstić information content (AvgIpc) is 3.07. The molecular formula is C16H19ClF2IN3OS. The fourth-order valence-electron chi connectivity index (χ4n) is 2.08. The maximum Gasteiger partial charge on any atom is 0.387 e. The normalized spacial score (nSPS) is 12.5. The van der Waals surface area contributed by atoms with E-state index in [1.165, 1.54) is 17.0 Å². The molecule has 0 radical (unpaired) electrons. The van der Waals surface area contributed by atoms with Crippen LogP contribution < -0.4 is 15.4 Å². The van der Waals surface area contributed by atoms with Gasteiger partial charge in [-0.05, 0) is 36.6 Å². The van der Waals surface area contributed by atoms with Crippen LogP contribution in [-0.2, 0) is 6.54 Å². The molecule has 1 unspecified atom stereocenters. The molecule has 4 nitrogen and oxygen atoms in total. The first kappa shape index (κ1) is 21.9. The van der Waals surface area contributed by atoms with E-state index in [2.05, 4.69) is 20.4 Å². The predicted molar refractivity (Wildman–Crippen MR) is 110 cm³/mol. The van der Waals surface area contributed by atoms with Crippen molar-refractivity contribution in [2.24, 2.45) is 4.99 Å². The molecule has 1 heterocycles. The number of aliphatic imine (C=N–C) groups is 1. The van der Waals surface area contributed by atoms with E-state index in [0.29, 0.717) is 16.5 Å². The van der Waals surface area contributed by atoms with Crippen molar-refractivity contribution < 1.29 is 13.5 Å². The number of rotatable bonds is 6. The number of ether oxygens (including phenoxy) is 1. The lowest BCUT2D eigenvalue weighted by atomic mass is 10.2. The number of hydrogen-bond donors (Lipinski definition) is 2. The van der Waals surface area contributed by atoms with Crippen molar-refractivity contribution in [1.82, 2.24) is 10.6 Å². The van der Waals surface area contributed by atoms with E-state index < -0.39 is 6.61 Å². The lowest BCUT2D eigenvalue weighted by Gasteiger charge is -2.18. The average molecular weight is 502 g/mol. The second kappa shape index (κ2) is 10.8. The van der Waals surface area contributed by atoms with E-state index >= 15 is 0 Å². The van der Waals surface area contributed by atoms with Crippen LogP contribution in [0.1, 0.15) is 23.4 Å². The molecule has 25 heavy (non-hydrogen) atoms. The highest BCUT2D eigenvalue weighted by molar-refractivity contribution is 14.0. The number of nitrogens with one attached hydrogen (secondary N) is 2. The van der Waals surface area contributed by atoms with Crippen LogP contribution in [0.15, 0.2) is 40.7 Å². The Balaban J connectivity index is 0.00000312. The van der Waals surface area contributed by atoms with Crippen LogP contribution in [-0.4, -0.2) is 19.6 Å². The second-order valence-electron chi connectivity index (χ2n) is 4.94. The Morgan fingerprint density at radius 2 is 2.12 bits per heavy atom. The van der Waals surface area contributed by atoms with Crippen molar-refractivity contribution >= 4 is 52.9 Å². The van der Waals surface area contributed by atoms with Crippen LogP contribution in [0.4, 0.5) is 8.78 Å². The van der Waals surface area contributed by atoms with Crippen molar-refractivity contribution in [3.05, 3.63) is 51.2 Å². The summed E-state index contributed by atoms with van der Waals surface area (Å²) in [5, 5.41) is 8.77. The number of alkyl halides is 2. The van der Waals surface area contributed by atoms with E-state index in [1.54, 1.807) is 24.5 Å². The summed E-state index contributed by atoms with van der Waals surface area (Å²) in [7, 11) is 1.64. The molecule has 2 N–H and O–H groups in total. The van der Waals surface area contributed by atoms with Gasteiger partial charge < -0.3 is 15.4 Å². The topological polar surface area (TPSA) is 45.7 Å². The third-order valence-electron chi connectivity index (χ3n) is 3.23. The second-order valence-corrected chi connectivity index (χ2v) is 6.35. The molecule has 0 spiro atoms. The lowest BCUT2D eigenvalue weighted by Crippen LogP contribution is -2.38. The van der Waals surface area contributed by atoms with Crippen molar-refractivity contribution in [1.29, 1.82) is 0 Å². The molecule has 138 valence electrons. The van der Waals surface area contributed by atoms with Crippen molar-refractivity contribution in [3.63, 3.8) is 0 Å². The quantitative estimate of drug-likeness (QED) is 0.331. The molecule has 0 saturated carbocycles. The summed E-state index contributed by atoms with van der Waals surface area (Å²) in [6.45, 7) is -0.621. The Labute approximate surface area is 171 Å². The maximum absolute atomic E-state index is 12.5. The molecule has 0 fully saturated rings. The van der Waals surface area contributed by atoms with Gasteiger partial charge in [-0.25, -0.2) is 0 Å². The van der Waals surface area contributed by atoms with E-state index in [1.807, 2.05) is 24.4 Å². The van der Waals surface area contributed by atoms with Gasteiger partial charge in [0.15, 0.2) is 5.96 Å². The fourth-order valence-corrected chi connectivity index (χ4v) is 3.01. The van der Waals surface area contributed by atoms with Gasteiger partial charge in [0.05, 0.1) is 6.04 Å². The first-order chi connectivity index (χ1) is 11.5. The van der Waals surface area contributed by atoms with Gasteiger partial charge in [-0.3, -0.25) is 4.99 Å². The number of thiophene rings is 1. The monoisotopic (exact) mass is 501 g/mol. The summed E-state index contributed by atoms with van der Waals surface area (Å²) < 4.78 is 29.5. The van der Waals surface area contributed by atoms with Gasteiger partial charge in [-0.2, -0.15) is 8.78 Å². The SMILES string of the molecule is CN=C(NCc1cc(Cl)ccc1OC(F)F)NC(C)c1cccs1.I. The van der Waals surface area contributed by atoms with E-state index in [9.17, 15) is 8.78 Å². The summed E-state index contributed by atoms with van der Waals surface area (Å²) in [5.74, 6) is 0.641. The molecule has 0 aliphatic carbocycles. The zero-order valence-electron chi connectivity index (χ0n) is 13.6. The molecule has 0 bridgehead atoms. The van der Waals surface area contributed by atoms with E-state index in [-0.39, 0.29) is 42.3 Å². The van der Waals surface area contributed by atoms with E-state index in [4.69, 9.17) is 11.6 Å². The number of benzene rings is 1. The molecular weight excluding hydrogens is 483 g/mol. The Bertz CT molecular complexity index is 686. The number of halogens is 4. The standard InChI is InChI=1S/C16H18ClF2N3OS.HI/c1-10(14-4-3-7-24-14)22-16(20-2)21-9-11-8-12(17)5-6-13(11)23-15(18)19;/h3-8,10,15H,9H2,1-2H3,(H2,20,21,22);1H. The fraction of sp³-hybridized carbons (Fsp3) is 0.312. The van der Waals surface area contributed by atoms with Crippen molar-refractivity contribution in [2.75, 3.05) is 7.05 Å². The molecule has 0 aliphatic rings. The van der Waals surface area contributed by atoms with Gasteiger partial charge in [0, 0.05) is 29.1 Å². The van der Waals surface area contributed by atoms with Gasteiger partial charge in [-0.1, -0.05) is 17.7 Å². The Morgan fingerprint density at radius 3 is 2.72 bits per heavy atom. The predicted octanol–water partition coefficient (Wildman–Crippen LogP) is 5.05. The Kier molecular flexibility index (Phi) is 9.44. The molecule has 2 rings (SSSR count). The summed E-state index contributed by atoms with van der Waals surface area (Å²) in [6.07, 6.45) is 0. The molecule has 0 saturated heterocycles.